The first-order valence-electron chi connectivity index (χ1n) is 9.93. The minimum atomic E-state index is -0.0298. The lowest BCUT2D eigenvalue weighted by atomic mass is 10.2. The third kappa shape index (κ3) is 4.48. The zero-order valence-electron chi connectivity index (χ0n) is 16.4. The lowest BCUT2D eigenvalue weighted by molar-refractivity contribution is 0.0299. The van der Waals surface area contributed by atoms with Crippen molar-refractivity contribution in [1.82, 2.24) is 19.8 Å². The molecule has 0 atom stereocenters. The van der Waals surface area contributed by atoms with Crippen LogP contribution in [0, 0.1) is 6.92 Å². The lowest BCUT2D eigenvalue weighted by Crippen LogP contribution is -2.47. The van der Waals surface area contributed by atoms with Gasteiger partial charge in [-0.3, -0.25) is 9.69 Å². The van der Waals surface area contributed by atoms with E-state index in [-0.39, 0.29) is 5.91 Å². The molecule has 0 N–H and O–H groups in total. The van der Waals surface area contributed by atoms with Crippen LogP contribution >= 0.6 is 0 Å². The monoisotopic (exact) mass is 381 g/mol. The summed E-state index contributed by atoms with van der Waals surface area (Å²) in [4.78, 5) is 28.4. The first-order valence-corrected chi connectivity index (χ1v) is 9.93. The molecule has 2 fully saturated rings. The summed E-state index contributed by atoms with van der Waals surface area (Å²) >= 11 is 0. The molecule has 28 heavy (non-hydrogen) atoms. The van der Waals surface area contributed by atoms with Crippen LogP contribution in [0.15, 0.2) is 36.4 Å². The molecule has 1 aromatic heterocycles. The van der Waals surface area contributed by atoms with E-state index in [0.717, 1.165) is 38.4 Å². The smallest absolute Gasteiger partial charge is 0.272 e. The number of aromatic nitrogens is 2. The van der Waals surface area contributed by atoms with E-state index in [9.17, 15) is 4.79 Å². The zero-order chi connectivity index (χ0) is 19.3. The van der Waals surface area contributed by atoms with Crippen LogP contribution in [-0.2, 0) is 11.3 Å². The quantitative estimate of drug-likeness (QED) is 0.801. The molecular weight excluding hydrogens is 354 g/mol. The third-order valence-electron chi connectivity index (χ3n) is 5.26. The average molecular weight is 381 g/mol. The molecule has 1 aromatic carbocycles. The Morgan fingerprint density at radius 2 is 1.71 bits per heavy atom. The zero-order valence-corrected chi connectivity index (χ0v) is 16.4. The van der Waals surface area contributed by atoms with Crippen molar-refractivity contribution >= 4 is 11.9 Å². The Kier molecular flexibility index (Phi) is 5.83. The van der Waals surface area contributed by atoms with E-state index >= 15 is 0 Å². The number of hydrogen-bond acceptors (Lipinski definition) is 6. The Morgan fingerprint density at radius 3 is 2.43 bits per heavy atom. The van der Waals surface area contributed by atoms with Crippen molar-refractivity contribution in [2.45, 2.75) is 13.5 Å². The molecular formula is C21H27N5O2. The van der Waals surface area contributed by atoms with Gasteiger partial charge in [-0.1, -0.05) is 30.3 Å². The maximum absolute atomic E-state index is 12.8. The van der Waals surface area contributed by atoms with Crippen molar-refractivity contribution in [3.05, 3.63) is 53.3 Å². The van der Waals surface area contributed by atoms with Crippen molar-refractivity contribution in [1.29, 1.82) is 0 Å². The third-order valence-corrected chi connectivity index (χ3v) is 5.26. The van der Waals surface area contributed by atoms with Gasteiger partial charge in [0.15, 0.2) is 0 Å². The van der Waals surface area contributed by atoms with E-state index in [4.69, 9.17) is 4.74 Å². The topological polar surface area (TPSA) is 61.8 Å². The fourth-order valence-corrected chi connectivity index (χ4v) is 3.68. The number of aryl methyl sites for hydroxylation is 1. The number of morpholine rings is 1. The first kappa shape index (κ1) is 18.8. The Morgan fingerprint density at radius 1 is 1.00 bits per heavy atom. The molecule has 2 saturated heterocycles. The minimum Gasteiger partial charge on any atom is -0.378 e. The van der Waals surface area contributed by atoms with Gasteiger partial charge in [-0.25, -0.2) is 9.97 Å². The van der Waals surface area contributed by atoms with Gasteiger partial charge in [-0.05, 0) is 18.6 Å². The number of rotatable bonds is 4. The van der Waals surface area contributed by atoms with Crippen LogP contribution in [0.1, 0.15) is 21.7 Å². The van der Waals surface area contributed by atoms with E-state index in [1.54, 1.807) is 6.07 Å². The van der Waals surface area contributed by atoms with Crippen LogP contribution in [0.25, 0.3) is 0 Å². The molecule has 148 valence electrons. The second kappa shape index (κ2) is 8.67. The number of ether oxygens (including phenoxy) is 1. The fourth-order valence-electron chi connectivity index (χ4n) is 3.68. The predicted molar refractivity (Wildman–Crippen MR) is 107 cm³/mol. The molecule has 1 amide bonds. The summed E-state index contributed by atoms with van der Waals surface area (Å²) in [5.41, 5.74) is 2.64. The molecule has 2 aromatic rings. The Labute approximate surface area is 165 Å². The molecule has 4 rings (SSSR count). The molecule has 2 aliphatic heterocycles. The van der Waals surface area contributed by atoms with E-state index in [2.05, 4.69) is 44.0 Å². The van der Waals surface area contributed by atoms with Gasteiger partial charge in [-0.2, -0.15) is 0 Å². The Balaban J connectivity index is 1.40. The molecule has 2 aliphatic rings. The van der Waals surface area contributed by atoms with Gasteiger partial charge in [0.2, 0.25) is 5.95 Å². The molecule has 7 nitrogen and oxygen atoms in total. The normalized spacial score (nSPS) is 18.3. The van der Waals surface area contributed by atoms with Crippen LogP contribution in [0.3, 0.4) is 0 Å². The van der Waals surface area contributed by atoms with Crippen LogP contribution in [0.4, 0.5) is 5.95 Å². The molecule has 0 bridgehead atoms. The first-order chi connectivity index (χ1) is 13.7. The summed E-state index contributed by atoms with van der Waals surface area (Å²) in [6, 6.07) is 12.3. The lowest BCUT2D eigenvalue weighted by Gasteiger charge is -2.35. The highest BCUT2D eigenvalue weighted by molar-refractivity contribution is 5.92. The summed E-state index contributed by atoms with van der Waals surface area (Å²) in [6.07, 6.45) is 0. The van der Waals surface area contributed by atoms with Gasteiger partial charge in [0, 0.05) is 51.5 Å². The Bertz CT molecular complexity index is 800. The fraction of sp³-hybridized carbons (Fsp3) is 0.476. The highest BCUT2D eigenvalue weighted by Crippen LogP contribution is 2.16. The number of carbonyl (C=O) groups excluding carboxylic acids is 1. The summed E-state index contributed by atoms with van der Waals surface area (Å²) in [5, 5.41) is 0. The number of nitrogens with zero attached hydrogens (tertiary/aromatic N) is 5. The van der Waals surface area contributed by atoms with Gasteiger partial charge in [0.05, 0.1) is 13.2 Å². The van der Waals surface area contributed by atoms with Crippen molar-refractivity contribution in [3.63, 3.8) is 0 Å². The number of anilines is 1. The van der Waals surface area contributed by atoms with Crippen LogP contribution < -0.4 is 4.90 Å². The van der Waals surface area contributed by atoms with E-state index in [0.29, 0.717) is 37.9 Å². The molecule has 0 unspecified atom stereocenters. The number of amides is 1. The predicted octanol–water partition coefficient (Wildman–Crippen LogP) is 1.58. The van der Waals surface area contributed by atoms with Gasteiger partial charge in [0.25, 0.3) is 5.91 Å². The van der Waals surface area contributed by atoms with Crippen molar-refractivity contribution in [3.8, 4) is 0 Å². The van der Waals surface area contributed by atoms with E-state index < -0.39 is 0 Å². The van der Waals surface area contributed by atoms with Crippen LogP contribution in [-0.4, -0.2) is 78.2 Å². The molecule has 0 aliphatic carbocycles. The summed E-state index contributed by atoms with van der Waals surface area (Å²) in [6.45, 7) is 8.95. The SMILES string of the molecule is Cc1cc(C(=O)N2CCOCC2)nc(N2CCN(Cc3ccccc3)CC2)n1. The maximum Gasteiger partial charge on any atom is 0.272 e. The number of carbonyl (C=O) groups is 1. The van der Waals surface area contributed by atoms with E-state index in [1.807, 2.05) is 17.9 Å². The molecule has 0 saturated carbocycles. The van der Waals surface area contributed by atoms with Crippen LogP contribution in [0.5, 0.6) is 0 Å². The van der Waals surface area contributed by atoms with Crippen molar-refractivity contribution < 1.29 is 9.53 Å². The van der Waals surface area contributed by atoms with Gasteiger partial charge in [0.1, 0.15) is 5.69 Å². The maximum atomic E-state index is 12.8. The van der Waals surface area contributed by atoms with Crippen molar-refractivity contribution in [2.24, 2.45) is 0 Å². The van der Waals surface area contributed by atoms with Gasteiger partial charge >= 0.3 is 0 Å². The molecule has 7 heteroatoms. The molecule has 3 heterocycles. The number of piperazine rings is 1. The number of hydrogen-bond donors (Lipinski definition) is 0. The minimum absolute atomic E-state index is 0.0298. The highest BCUT2D eigenvalue weighted by atomic mass is 16.5. The van der Waals surface area contributed by atoms with Crippen LogP contribution in [0.2, 0.25) is 0 Å². The summed E-state index contributed by atoms with van der Waals surface area (Å²) < 4.78 is 5.34. The number of benzene rings is 1. The average Bonchev–Trinajstić information content (AvgIpc) is 2.75. The Hall–Kier alpha value is -2.51. The molecule has 0 radical (unpaired) electrons. The largest absolute Gasteiger partial charge is 0.378 e. The second-order valence-electron chi connectivity index (χ2n) is 7.35. The standard InChI is InChI=1S/C21H27N5O2/c1-17-15-19(20(27)25-11-13-28-14-12-25)23-21(22-17)26-9-7-24(8-10-26)16-18-5-3-2-4-6-18/h2-6,15H,7-14,16H2,1H3. The second-order valence-corrected chi connectivity index (χ2v) is 7.35. The summed E-state index contributed by atoms with van der Waals surface area (Å²) in [7, 11) is 0. The molecule has 0 spiro atoms. The van der Waals surface area contributed by atoms with Crippen molar-refractivity contribution in [2.75, 3.05) is 57.4 Å². The van der Waals surface area contributed by atoms with E-state index in [1.165, 1.54) is 5.56 Å². The summed E-state index contributed by atoms with van der Waals surface area (Å²) in [5.74, 6) is 0.633. The highest BCUT2D eigenvalue weighted by Gasteiger charge is 2.24. The van der Waals surface area contributed by atoms with Gasteiger partial charge in [-0.15, -0.1) is 0 Å². The van der Waals surface area contributed by atoms with Gasteiger partial charge < -0.3 is 14.5 Å².